The molecule has 136 valence electrons. The van der Waals surface area contributed by atoms with Crippen LogP contribution >= 0.6 is 23.2 Å². The summed E-state index contributed by atoms with van der Waals surface area (Å²) in [6.45, 7) is 3.63. The van der Waals surface area contributed by atoms with Gasteiger partial charge in [-0.1, -0.05) is 23.2 Å². The summed E-state index contributed by atoms with van der Waals surface area (Å²) in [7, 11) is 0. The normalized spacial score (nSPS) is 26.5. The smallest absolute Gasteiger partial charge is 0.254 e. The van der Waals surface area contributed by atoms with Gasteiger partial charge in [-0.15, -0.1) is 0 Å². The van der Waals surface area contributed by atoms with E-state index in [9.17, 15) is 9.59 Å². The number of piperidine rings is 1. The first kappa shape index (κ1) is 18.5. The minimum atomic E-state index is -0.431. The Bertz CT molecular complexity index is 647. The van der Waals surface area contributed by atoms with Crippen molar-refractivity contribution in [2.45, 2.75) is 50.7 Å². The standard InChI is InChI=1S/C18H23Cl2N3O2/c1-11-15(4-2-6-21-11)22-17(24)16-5-3-7-23(16)18(25)12-8-13(19)10-14(20)9-12/h8-11,15-16,21H,2-7H2,1H3,(H,22,24). The van der Waals surface area contributed by atoms with Crippen LogP contribution < -0.4 is 10.6 Å². The summed E-state index contributed by atoms with van der Waals surface area (Å²) >= 11 is 12.0. The molecule has 2 aliphatic heterocycles. The van der Waals surface area contributed by atoms with Crippen molar-refractivity contribution in [3.05, 3.63) is 33.8 Å². The van der Waals surface area contributed by atoms with Gasteiger partial charge in [0.2, 0.25) is 5.91 Å². The maximum absolute atomic E-state index is 12.8. The number of amides is 2. The average molecular weight is 384 g/mol. The van der Waals surface area contributed by atoms with Gasteiger partial charge < -0.3 is 15.5 Å². The van der Waals surface area contributed by atoms with Gasteiger partial charge in [0.25, 0.3) is 5.91 Å². The summed E-state index contributed by atoms with van der Waals surface area (Å²) in [5, 5.41) is 7.33. The summed E-state index contributed by atoms with van der Waals surface area (Å²) in [5.41, 5.74) is 0.421. The van der Waals surface area contributed by atoms with Gasteiger partial charge in [-0.2, -0.15) is 0 Å². The monoisotopic (exact) mass is 383 g/mol. The molecule has 0 bridgehead atoms. The number of benzene rings is 1. The van der Waals surface area contributed by atoms with E-state index < -0.39 is 6.04 Å². The maximum atomic E-state index is 12.8. The lowest BCUT2D eigenvalue weighted by molar-refractivity contribution is -0.125. The van der Waals surface area contributed by atoms with Crippen molar-refractivity contribution in [3.63, 3.8) is 0 Å². The number of carbonyl (C=O) groups is 2. The number of likely N-dealkylation sites (tertiary alicyclic amines) is 1. The van der Waals surface area contributed by atoms with Gasteiger partial charge in [-0.25, -0.2) is 0 Å². The molecule has 2 N–H and O–H groups in total. The van der Waals surface area contributed by atoms with E-state index in [4.69, 9.17) is 23.2 Å². The summed E-state index contributed by atoms with van der Waals surface area (Å²) in [6.07, 6.45) is 3.51. The number of carbonyl (C=O) groups excluding carboxylic acids is 2. The summed E-state index contributed by atoms with van der Waals surface area (Å²) in [5.74, 6) is -0.267. The van der Waals surface area contributed by atoms with Crippen LogP contribution in [0.4, 0.5) is 0 Å². The molecule has 0 aliphatic carbocycles. The molecule has 0 radical (unpaired) electrons. The fourth-order valence-corrected chi connectivity index (χ4v) is 4.17. The molecule has 3 atom stereocenters. The van der Waals surface area contributed by atoms with Crippen LogP contribution in [-0.2, 0) is 4.79 Å². The second-order valence-corrected chi connectivity index (χ2v) is 7.69. The molecule has 0 spiro atoms. The summed E-state index contributed by atoms with van der Waals surface area (Å²) in [6, 6.07) is 4.70. The first-order valence-corrected chi connectivity index (χ1v) is 9.52. The van der Waals surface area contributed by atoms with Gasteiger partial charge in [0, 0.05) is 34.2 Å². The molecule has 3 unspecified atom stereocenters. The molecule has 2 aliphatic rings. The SMILES string of the molecule is CC1NCCCC1NC(=O)C1CCCN1C(=O)c1cc(Cl)cc(Cl)c1. The van der Waals surface area contributed by atoms with E-state index in [0.29, 0.717) is 28.6 Å². The second kappa shape index (κ2) is 7.94. The fourth-order valence-electron chi connectivity index (χ4n) is 3.65. The van der Waals surface area contributed by atoms with Crippen LogP contribution in [0.25, 0.3) is 0 Å². The molecule has 0 aromatic heterocycles. The van der Waals surface area contributed by atoms with Crippen LogP contribution in [0.3, 0.4) is 0 Å². The highest BCUT2D eigenvalue weighted by Gasteiger charge is 2.36. The molecule has 2 saturated heterocycles. The Morgan fingerprint density at radius 1 is 1.16 bits per heavy atom. The molecule has 3 rings (SSSR count). The Balaban J connectivity index is 1.71. The number of rotatable bonds is 3. The fraction of sp³-hybridized carbons (Fsp3) is 0.556. The zero-order valence-corrected chi connectivity index (χ0v) is 15.7. The van der Waals surface area contributed by atoms with Crippen LogP contribution in [0.1, 0.15) is 43.0 Å². The maximum Gasteiger partial charge on any atom is 0.254 e. The predicted octanol–water partition coefficient (Wildman–Crippen LogP) is 2.85. The van der Waals surface area contributed by atoms with E-state index >= 15 is 0 Å². The predicted molar refractivity (Wildman–Crippen MR) is 99.1 cm³/mol. The molecule has 2 amide bonds. The van der Waals surface area contributed by atoms with E-state index in [2.05, 4.69) is 17.6 Å². The van der Waals surface area contributed by atoms with Crippen molar-refractivity contribution in [2.24, 2.45) is 0 Å². The summed E-state index contributed by atoms with van der Waals surface area (Å²) in [4.78, 5) is 27.2. The summed E-state index contributed by atoms with van der Waals surface area (Å²) < 4.78 is 0. The topological polar surface area (TPSA) is 61.4 Å². The van der Waals surface area contributed by atoms with E-state index in [1.165, 1.54) is 0 Å². The molecule has 5 nitrogen and oxygen atoms in total. The van der Waals surface area contributed by atoms with Crippen molar-refractivity contribution in [1.29, 1.82) is 0 Å². The van der Waals surface area contributed by atoms with Gasteiger partial charge in [-0.05, 0) is 57.4 Å². The Hall–Kier alpha value is -1.30. The molecule has 1 aromatic carbocycles. The van der Waals surface area contributed by atoms with Gasteiger partial charge in [0.15, 0.2) is 0 Å². The number of nitrogens with zero attached hydrogens (tertiary/aromatic N) is 1. The van der Waals surface area contributed by atoms with Gasteiger partial charge in [-0.3, -0.25) is 9.59 Å². The lowest BCUT2D eigenvalue weighted by atomic mass is 9.99. The van der Waals surface area contributed by atoms with Crippen molar-refractivity contribution in [1.82, 2.24) is 15.5 Å². The molecular formula is C18H23Cl2N3O2. The van der Waals surface area contributed by atoms with E-state index in [0.717, 1.165) is 25.8 Å². The van der Waals surface area contributed by atoms with E-state index in [1.807, 2.05) is 0 Å². The molecule has 0 saturated carbocycles. The third kappa shape index (κ3) is 4.27. The van der Waals surface area contributed by atoms with Crippen LogP contribution in [-0.4, -0.2) is 47.9 Å². The third-order valence-corrected chi connectivity index (χ3v) is 5.45. The Kier molecular flexibility index (Phi) is 5.87. The average Bonchev–Trinajstić information content (AvgIpc) is 3.05. The Labute approximate surface area is 158 Å². The molecule has 1 aromatic rings. The zero-order chi connectivity index (χ0) is 18.0. The first-order chi connectivity index (χ1) is 12.0. The van der Waals surface area contributed by atoms with E-state index in [1.54, 1.807) is 23.1 Å². The van der Waals surface area contributed by atoms with Gasteiger partial charge in [0.05, 0.1) is 0 Å². The number of halogens is 2. The van der Waals surface area contributed by atoms with Crippen molar-refractivity contribution >= 4 is 35.0 Å². The number of hydrogen-bond donors (Lipinski definition) is 2. The third-order valence-electron chi connectivity index (χ3n) is 5.02. The van der Waals surface area contributed by atoms with Crippen molar-refractivity contribution in [2.75, 3.05) is 13.1 Å². The zero-order valence-electron chi connectivity index (χ0n) is 14.2. The molecule has 2 fully saturated rings. The Morgan fingerprint density at radius 3 is 2.56 bits per heavy atom. The minimum absolute atomic E-state index is 0.0699. The van der Waals surface area contributed by atoms with Crippen LogP contribution in [0.2, 0.25) is 10.0 Å². The second-order valence-electron chi connectivity index (χ2n) is 6.81. The highest BCUT2D eigenvalue weighted by Crippen LogP contribution is 2.25. The number of nitrogens with one attached hydrogen (secondary N) is 2. The van der Waals surface area contributed by atoms with Crippen LogP contribution in [0.5, 0.6) is 0 Å². The Morgan fingerprint density at radius 2 is 1.88 bits per heavy atom. The molecule has 25 heavy (non-hydrogen) atoms. The lowest BCUT2D eigenvalue weighted by Gasteiger charge is -2.33. The van der Waals surface area contributed by atoms with Crippen molar-refractivity contribution in [3.8, 4) is 0 Å². The van der Waals surface area contributed by atoms with Gasteiger partial charge in [0.1, 0.15) is 6.04 Å². The molecule has 2 heterocycles. The van der Waals surface area contributed by atoms with Crippen molar-refractivity contribution < 1.29 is 9.59 Å². The van der Waals surface area contributed by atoms with E-state index in [-0.39, 0.29) is 23.9 Å². The highest BCUT2D eigenvalue weighted by atomic mass is 35.5. The highest BCUT2D eigenvalue weighted by molar-refractivity contribution is 6.35. The van der Waals surface area contributed by atoms with Crippen LogP contribution in [0.15, 0.2) is 18.2 Å². The molecular weight excluding hydrogens is 361 g/mol. The largest absolute Gasteiger partial charge is 0.350 e. The molecule has 7 heteroatoms. The van der Waals surface area contributed by atoms with Gasteiger partial charge >= 0.3 is 0 Å². The quantitative estimate of drug-likeness (QED) is 0.843. The minimum Gasteiger partial charge on any atom is -0.350 e. The van der Waals surface area contributed by atoms with Crippen LogP contribution in [0, 0.1) is 0 Å². The number of hydrogen-bond acceptors (Lipinski definition) is 3. The lowest BCUT2D eigenvalue weighted by Crippen LogP contribution is -2.56. The first-order valence-electron chi connectivity index (χ1n) is 8.76.